The first-order chi connectivity index (χ1) is 17.2. The van der Waals surface area contributed by atoms with Crippen LogP contribution in [0.1, 0.15) is 36.8 Å². The minimum atomic E-state index is -1.34. The number of rotatable bonds is 11. The molecule has 202 valence electrons. The van der Waals surface area contributed by atoms with Crippen LogP contribution in [0.15, 0.2) is 17.0 Å². The molecule has 36 heavy (non-hydrogen) atoms. The third-order valence-corrected chi connectivity index (χ3v) is 8.89. The Morgan fingerprint density at radius 3 is 2.39 bits per heavy atom. The Kier molecular flexibility index (Phi) is 10.7. The first-order valence-corrected chi connectivity index (χ1v) is 13.9. The van der Waals surface area contributed by atoms with Crippen molar-refractivity contribution in [3.05, 3.63) is 23.3 Å². The Bertz CT molecular complexity index is 914. The summed E-state index contributed by atoms with van der Waals surface area (Å²) < 4.78 is 25.7. The van der Waals surface area contributed by atoms with E-state index in [-0.39, 0.29) is 24.5 Å². The Morgan fingerprint density at radius 1 is 1.08 bits per heavy atom. The Morgan fingerprint density at radius 2 is 1.75 bits per heavy atom. The van der Waals surface area contributed by atoms with Gasteiger partial charge in [0, 0.05) is 39.8 Å². The Hall–Kier alpha value is -2.01. The van der Waals surface area contributed by atoms with Gasteiger partial charge in [0.2, 0.25) is 11.8 Å². The molecule has 0 aliphatic carbocycles. The van der Waals surface area contributed by atoms with E-state index in [1.165, 1.54) is 12.8 Å². The number of likely N-dealkylation sites (N-methyl/N-ethyl adjacent to an activating group) is 2. The number of ether oxygens (including phenoxy) is 2. The lowest BCUT2D eigenvalue weighted by molar-refractivity contribution is -0.141. The molecule has 0 radical (unpaired) electrons. The molecule has 0 N–H and O–H groups in total. The normalized spacial score (nSPS) is 19.5. The molecule has 9 nitrogen and oxygen atoms in total. The van der Waals surface area contributed by atoms with E-state index in [9.17, 15) is 13.8 Å². The summed E-state index contributed by atoms with van der Waals surface area (Å²) in [5, 5.41) is 0. The number of nitrogens with zero attached hydrogens (tertiary/aromatic N) is 4. The maximum atomic E-state index is 13.1. The van der Waals surface area contributed by atoms with Crippen LogP contribution in [0.25, 0.3) is 0 Å². The number of benzene rings is 1. The van der Waals surface area contributed by atoms with Gasteiger partial charge >= 0.3 is 0 Å². The highest BCUT2D eigenvalue weighted by Gasteiger charge is 2.29. The average Bonchev–Trinajstić information content (AvgIpc) is 3.38. The molecule has 2 atom stereocenters. The Balaban J connectivity index is 1.41. The number of amides is 2. The summed E-state index contributed by atoms with van der Waals surface area (Å²) in [6.45, 7) is 8.37. The number of aryl methyl sites for hydroxylation is 2. The van der Waals surface area contributed by atoms with Crippen LogP contribution in [0.4, 0.5) is 0 Å². The molecule has 10 heteroatoms. The van der Waals surface area contributed by atoms with Gasteiger partial charge < -0.3 is 19.3 Å². The van der Waals surface area contributed by atoms with Crippen molar-refractivity contribution in [2.75, 3.05) is 73.7 Å². The highest BCUT2D eigenvalue weighted by atomic mass is 32.2. The lowest BCUT2D eigenvalue weighted by atomic mass is 10.0. The van der Waals surface area contributed by atoms with Crippen molar-refractivity contribution in [2.24, 2.45) is 0 Å². The molecule has 0 aromatic heterocycles. The van der Waals surface area contributed by atoms with Crippen molar-refractivity contribution in [1.29, 1.82) is 0 Å². The van der Waals surface area contributed by atoms with E-state index in [2.05, 4.69) is 4.90 Å². The van der Waals surface area contributed by atoms with E-state index >= 15 is 0 Å². The van der Waals surface area contributed by atoms with Crippen LogP contribution in [-0.4, -0.2) is 115 Å². The van der Waals surface area contributed by atoms with Gasteiger partial charge in [-0.2, -0.15) is 0 Å². The van der Waals surface area contributed by atoms with Crippen LogP contribution in [0.3, 0.4) is 0 Å². The number of carbonyl (C=O) groups excluding carboxylic acids is 2. The van der Waals surface area contributed by atoms with Crippen molar-refractivity contribution in [3.63, 3.8) is 0 Å². The molecule has 1 aromatic carbocycles. The summed E-state index contributed by atoms with van der Waals surface area (Å²) in [5.41, 5.74) is 1.82. The highest BCUT2D eigenvalue weighted by molar-refractivity contribution is 7.82. The predicted octanol–water partition coefficient (Wildman–Crippen LogP) is 1.83. The van der Waals surface area contributed by atoms with Gasteiger partial charge in [0.25, 0.3) is 0 Å². The van der Waals surface area contributed by atoms with Crippen LogP contribution >= 0.6 is 0 Å². The summed E-state index contributed by atoms with van der Waals surface area (Å²) in [6, 6.07) is 3.77. The molecule has 3 rings (SSSR count). The quantitative estimate of drug-likeness (QED) is 0.413. The number of methoxy groups -OCH3 is 1. The van der Waals surface area contributed by atoms with E-state index < -0.39 is 11.0 Å². The summed E-state index contributed by atoms with van der Waals surface area (Å²) in [5.74, 6) is 0.813. The summed E-state index contributed by atoms with van der Waals surface area (Å²) in [4.78, 5) is 32.1. The SMILES string of the molecule is COc1cc(C)c(S(=O)N(C)CCOCC(=O)N(C)C2CCCN(C(=O)CN3CCCC3)C2)c(C)c1. The zero-order chi connectivity index (χ0) is 26.2. The second kappa shape index (κ2) is 13.5. The minimum Gasteiger partial charge on any atom is -0.497 e. The van der Waals surface area contributed by atoms with E-state index in [4.69, 9.17) is 9.47 Å². The first-order valence-electron chi connectivity index (χ1n) is 12.8. The zero-order valence-corrected chi connectivity index (χ0v) is 23.3. The van der Waals surface area contributed by atoms with Gasteiger partial charge in [0.05, 0.1) is 25.2 Å². The third-order valence-electron chi connectivity index (χ3n) is 7.15. The topological polar surface area (TPSA) is 82.6 Å². The van der Waals surface area contributed by atoms with Gasteiger partial charge in [0.1, 0.15) is 23.3 Å². The van der Waals surface area contributed by atoms with Crippen molar-refractivity contribution >= 4 is 22.8 Å². The molecule has 1 aromatic rings. The van der Waals surface area contributed by atoms with E-state index in [0.717, 1.165) is 54.2 Å². The fourth-order valence-electron chi connectivity index (χ4n) is 4.93. The summed E-state index contributed by atoms with van der Waals surface area (Å²) >= 11 is 0. The third kappa shape index (κ3) is 7.50. The largest absolute Gasteiger partial charge is 0.497 e. The molecule has 0 spiro atoms. The van der Waals surface area contributed by atoms with E-state index in [1.54, 1.807) is 30.4 Å². The second-order valence-electron chi connectivity index (χ2n) is 9.87. The van der Waals surface area contributed by atoms with E-state index in [0.29, 0.717) is 26.2 Å². The lowest BCUT2D eigenvalue weighted by Crippen LogP contribution is -2.52. The van der Waals surface area contributed by atoms with Crippen molar-refractivity contribution in [1.82, 2.24) is 19.0 Å². The van der Waals surface area contributed by atoms with Crippen LogP contribution < -0.4 is 4.74 Å². The second-order valence-corrected chi connectivity index (χ2v) is 11.4. The maximum absolute atomic E-state index is 13.1. The number of hydrogen-bond donors (Lipinski definition) is 0. The molecular weight excluding hydrogens is 480 g/mol. The first kappa shape index (κ1) is 28.6. The van der Waals surface area contributed by atoms with Crippen LogP contribution in [-0.2, 0) is 25.3 Å². The number of likely N-dealkylation sites (tertiary alicyclic amines) is 2. The monoisotopic (exact) mass is 522 g/mol. The molecule has 0 saturated carbocycles. The Labute approximate surface area is 218 Å². The van der Waals surface area contributed by atoms with Crippen molar-refractivity contribution in [3.8, 4) is 5.75 Å². The zero-order valence-electron chi connectivity index (χ0n) is 22.5. The van der Waals surface area contributed by atoms with Gasteiger partial charge in [-0.25, -0.2) is 8.51 Å². The molecule has 0 bridgehead atoms. The van der Waals surface area contributed by atoms with Gasteiger partial charge in [0.15, 0.2) is 0 Å². The fourth-order valence-corrected chi connectivity index (χ4v) is 6.15. The molecule has 2 heterocycles. The molecule has 2 amide bonds. The maximum Gasteiger partial charge on any atom is 0.248 e. The van der Waals surface area contributed by atoms with Crippen molar-refractivity contribution < 1.29 is 23.3 Å². The van der Waals surface area contributed by atoms with Gasteiger partial charge in [-0.05, 0) is 75.9 Å². The van der Waals surface area contributed by atoms with Gasteiger partial charge in [-0.3, -0.25) is 14.5 Å². The molecule has 2 unspecified atom stereocenters. The summed E-state index contributed by atoms with van der Waals surface area (Å²) in [7, 11) is 3.86. The van der Waals surface area contributed by atoms with Gasteiger partial charge in [-0.1, -0.05) is 0 Å². The molecule has 2 fully saturated rings. The standard InChI is InChI=1S/C26H42N4O5S/c1-20-15-23(34-5)16-21(2)26(20)36(33)27(3)13-14-35-19-25(32)28(4)22-9-8-12-30(17-22)24(31)18-29-10-6-7-11-29/h15-16,22H,6-14,17-19H2,1-5H3. The number of hydrogen-bond acceptors (Lipinski definition) is 6. The molecule has 2 aliphatic heterocycles. The molecular formula is C26H42N4O5S. The average molecular weight is 523 g/mol. The van der Waals surface area contributed by atoms with E-state index in [1.807, 2.05) is 30.9 Å². The molecule has 2 aliphatic rings. The van der Waals surface area contributed by atoms with Crippen molar-refractivity contribution in [2.45, 2.75) is 50.5 Å². The van der Waals surface area contributed by atoms with Gasteiger partial charge in [-0.15, -0.1) is 0 Å². The smallest absolute Gasteiger partial charge is 0.248 e. The number of carbonyl (C=O) groups is 2. The lowest BCUT2D eigenvalue weighted by Gasteiger charge is -2.38. The van der Waals surface area contributed by atoms with Crippen LogP contribution in [0.2, 0.25) is 0 Å². The van der Waals surface area contributed by atoms with Crippen LogP contribution in [0, 0.1) is 13.8 Å². The number of piperidine rings is 1. The molecule has 2 saturated heterocycles. The minimum absolute atomic E-state index is 0.00794. The van der Waals surface area contributed by atoms with Crippen LogP contribution in [0.5, 0.6) is 5.75 Å². The highest BCUT2D eigenvalue weighted by Crippen LogP contribution is 2.25. The predicted molar refractivity (Wildman–Crippen MR) is 140 cm³/mol. The summed E-state index contributed by atoms with van der Waals surface area (Å²) in [6.07, 6.45) is 4.12. The fraction of sp³-hybridized carbons (Fsp3) is 0.692.